The Morgan fingerprint density at radius 2 is 2.00 bits per heavy atom. The third-order valence-electron chi connectivity index (χ3n) is 4.78. The molecule has 1 aliphatic carbocycles. The summed E-state index contributed by atoms with van der Waals surface area (Å²) < 4.78 is 0. The number of nitrogens with one attached hydrogen (secondary N) is 1. The largest absolute Gasteiger partial charge is 0.310 e. The van der Waals surface area contributed by atoms with Crippen molar-refractivity contribution in [3.05, 3.63) is 0 Å². The topological polar surface area (TPSA) is 15.3 Å². The minimum Gasteiger partial charge on any atom is -0.310 e. The second-order valence-corrected chi connectivity index (χ2v) is 6.38. The fraction of sp³-hybridized carbons (Fsp3) is 1.00. The highest BCUT2D eigenvalue weighted by molar-refractivity contribution is 4.87. The first-order chi connectivity index (χ1) is 8.19. The van der Waals surface area contributed by atoms with Gasteiger partial charge in [-0.05, 0) is 45.6 Å². The van der Waals surface area contributed by atoms with E-state index in [1.54, 1.807) is 0 Å². The summed E-state index contributed by atoms with van der Waals surface area (Å²) >= 11 is 0. The molecule has 2 fully saturated rings. The highest BCUT2D eigenvalue weighted by Gasteiger charge is 2.28. The molecule has 100 valence electrons. The molecule has 0 aromatic carbocycles. The number of likely N-dealkylation sites (tertiary alicyclic amines) is 1. The molecule has 1 N–H and O–H groups in total. The van der Waals surface area contributed by atoms with Gasteiger partial charge in [-0.25, -0.2) is 0 Å². The smallest absolute Gasteiger partial charge is 0.0209 e. The Hall–Kier alpha value is -0.0800. The van der Waals surface area contributed by atoms with E-state index in [0.29, 0.717) is 0 Å². The Labute approximate surface area is 107 Å². The molecule has 3 atom stereocenters. The maximum absolute atomic E-state index is 3.93. The zero-order valence-corrected chi connectivity index (χ0v) is 11.9. The van der Waals surface area contributed by atoms with Gasteiger partial charge in [-0.1, -0.05) is 26.2 Å². The molecule has 3 unspecified atom stereocenters. The molecule has 1 aliphatic heterocycles. The molecule has 0 amide bonds. The predicted molar refractivity (Wildman–Crippen MR) is 74.3 cm³/mol. The summed E-state index contributed by atoms with van der Waals surface area (Å²) in [5.41, 5.74) is 0. The molecule has 0 spiro atoms. The first-order valence-corrected chi connectivity index (χ1v) is 7.69. The van der Waals surface area contributed by atoms with E-state index in [-0.39, 0.29) is 0 Å². The first kappa shape index (κ1) is 13.4. The molecule has 0 aromatic rings. The van der Waals surface area contributed by atoms with Crippen molar-refractivity contribution in [1.82, 2.24) is 10.2 Å². The van der Waals surface area contributed by atoms with E-state index in [1.807, 2.05) is 0 Å². The molecule has 17 heavy (non-hydrogen) atoms. The Balaban J connectivity index is 1.74. The SMILES string of the molecule is CCC1CCCC(NC2CCN(C(C)C)C2)C1. The predicted octanol–water partition coefficient (Wildman–Crippen LogP) is 3.03. The van der Waals surface area contributed by atoms with Crippen molar-refractivity contribution in [2.75, 3.05) is 13.1 Å². The summed E-state index contributed by atoms with van der Waals surface area (Å²) in [5.74, 6) is 0.990. The summed E-state index contributed by atoms with van der Waals surface area (Å²) in [6.45, 7) is 9.54. The van der Waals surface area contributed by atoms with Crippen molar-refractivity contribution >= 4 is 0 Å². The Bertz CT molecular complexity index is 227. The minimum absolute atomic E-state index is 0.719. The molecule has 2 heteroatoms. The summed E-state index contributed by atoms with van der Waals surface area (Å²) in [6.07, 6.45) is 8.48. The van der Waals surface area contributed by atoms with Crippen LogP contribution < -0.4 is 5.32 Å². The minimum atomic E-state index is 0.719. The molecule has 2 rings (SSSR count). The monoisotopic (exact) mass is 238 g/mol. The fourth-order valence-corrected chi connectivity index (χ4v) is 3.54. The van der Waals surface area contributed by atoms with E-state index >= 15 is 0 Å². The zero-order valence-electron chi connectivity index (χ0n) is 11.9. The van der Waals surface area contributed by atoms with Gasteiger partial charge in [-0.3, -0.25) is 4.90 Å². The molecule has 1 saturated heterocycles. The zero-order chi connectivity index (χ0) is 12.3. The molecule has 0 bridgehead atoms. The Morgan fingerprint density at radius 3 is 2.65 bits per heavy atom. The molecule has 0 radical (unpaired) electrons. The maximum atomic E-state index is 3.93. The van der Waals surface area contributed by atoms with Crippen molar-refractivity contribution in [3.63, 3.8) is 0 Å². The Kier molecular flexibility index (Phi) is 4.87. The molecule has 0 aromatic heterocycles. The number of hydrogen-bond donors (Lipinski definition) is 1. The quantitative estimate of drug-likeness (QED) is 0.810. The molecular formula is C15H30N2. The van der Waals surface area contributed by atoms with Gasteiger partial charge in [0.25, 0.3) is 0 Å². The van der Waals surface area contributed by atoms with Gasteiger partial charge in [-0.2, -0.15) is 0 Å². The van der Waals surface area contributed by atoms with Gasteiger partial charge in [0, 0.05) is 24.7 Å². The normalized spacial score (nSPS) is 35.6. The highest BCUT2D eigenvalue weighted by atomic mass is 15.2. The van der Waals surface area contributed by atoms with Crippen LogP contribution in [0.3, 0.4) is 0 Å². The third kappa shape index (κ3) is 3.69. The van der Waals surface area contributed by atoms with Crippen molar-refractivity contribution in [2.45, 2.75) is 77.4 Å². The average molecular weight is 238 g/mol. The van der Waals surface area contributed by atoms with Crippen LogP contribution >= 0.6 is 0 Å². The van der Waals surface area contributed by atoms with E-state index < -0.39 is 0 Å². The van der Waals surface area contributed by atoms with Gasteiger partial charge in [-0.15, -0.1) is 0 Å². The summed E-state index contributed by atoms with van der Waals surface area (Å²) in [5, 5.41) is 3.93. The van der Waals surface area contributed by atoms with Crippen molar-refractivity contribution < 1.29 is 0 Å². The number of hydrogen-bond acceptors (Lipinski definition) is 2. The number of rotatable bonds is 4. The van der Waals surface area contributed by atoms with Crippen LogP contribution in [0.1, 0.15) is 59.3 Å². The standard InChI is InChI=1S/C15H30N2/c1-4-13-6-5-7-14(10-13)16-15-8-9-17(11-15)12(2)3/h12-16H,4-11H2,1-3H3. The average Bonchev–Trinajstić information content (AvgIpc) is 2.78. The van der Waals surface area contributed by atoms with Gasteiger partial charge in [0.2, 0.25) is 0 Å². The van der Waals surface area contributed by atoms with Crippen LogP contribution in [0.4, 0.5) is 0 Å². The van der Waals surface area contributed by atoms with Crippen LogP contribution in [0.5, 0.6) is 0 Å². The molecule has 2 aliphatic rings. The molecule has 2 nitrogen and oxygen atoms in total. The van der Waals surface area contributed by atoms with Gasteiger partial charge < -0.3 is 5.32 Å². The summed E-state index contributed by atoms with van der Waals surface area (Å²) in [6, 6.07) is 2.29. The first-order valence-electron chi connectivity index (χ1n) is 7.69. The Morgan fingerprint density at radius 1 is 1.18 bits per heavy atom. The summed E-state index contributed by atoms with van der Waals surface area (Å²) in [4.78, 5) is 2.61. The van der Waals surface area contributed by atoms with Gasteiger partial charge in [0.15, 0.2) is 0 Å². The second-order valence-electron chi connectivity index (χ2n) is 6.38. The molecular weight excluding hydrogens is 208 g/mol. The molecule has 1 saturated carbocycles. The lowest BCUT2D eigenvalue weighted by atomic mass is 9.84. The number of nitrogens with zero attached hydrogens (tertiary/aromatic N) is 1. The fourth-order valence-electron chi connectivity index (χ4n) is 3.54. The highest BCUT2D eigenvalue weighted by Crippen LogP contribution is 2.27. The van der Waals surface area contributed by atoms with E-state index in [2.05, 4.69) is 31.0 Å². The van der Waals surface area contributed by atoms with Crippen molar-refractivity contribution in [3.8, 4) is 0 Å². The summed E-state index contributed by atoms with van der Waals surface area (Å²) in [7, 11) is 0. The van der Waals surface area contributed by atoms with Crippen LogP contribution in [0, 0.1) is 5.92 Å². The van der Waals surface area contributed by atoms with E-state index in [4.69, 9.17) is 0 Å². The van der Waals surface area contributed by atoms with Crippen LogP contribution in [0.2, 0.25) is 0 Å². The lowest BCUT2D eigenvalue weighted by Gasteiger charge is -2.31. The second kappa shape index (κ2) is 6.19. The van der Waals surface area contributed by atoms with Crippen molar-refractivity contribution in [2.24, 2.45) is 5.92 Å². The van der Waals surface area contributed by atoms with Gasteiger partial charge >= 0.3 is 0 Å². The van der Waals surface area contributed by atoms with E-state index in [0.717, 1.165) is 24.0 Å². The van der Waals surface area contributed by atoms with Gasteiger partial charge in [0.1, 0.15) is 0 Å². The third-order valence-corrected chi connectivity index (χ3v) is 4.78. The van der Waals surface area contributed by atoms with Crippen molar-refractivity contribution in [1.29, 1.82) is 0 Å². The van der Waals surface area contributed by atoms with Crippen LogP contribution in [0.15, 0.2) is 0 Å². The molecule has 1 heterocycles. The lowest BCUT2D eigenvalue weighted by Crippen LogP contribution is -2.43. The van der Waals surface area contributed by atoms with E-state index in [1.165, 1.54) is 51.6 Å². The van der Waals surface area contributed by atoms with Gasteiger partial charge in [0.05, 0.1) is 0 Å². The van der Waals surface area contributed by atoms with Crippen LogP contribution in [0.25, 0.3) is 0 Å². The maximum Gasteiger partial charge on any atom is 0.0209 e. The van der Waals surface area contributed by atoms with Crippen LogP contribution in [-0.2, 0) is 0 Å². The lowest BCUT2D eigenvalue weighted by molar-refractivity contribution is 0.242. The van der Waals surface area contributed by atoms with Crippen LogP contribution in [-0.4, -0.2) is 36.1 Å². The van der Waals surface area contributed by atoms with E-state index in [9.17, 15) is 0 Å².